The summed E-state index contributed by atoms with van der Waals surface area (Å²) in [6.45, 7) is 6.23. The van der Waals surface area contributed by atoms with Crippen LogP contribution in [0, 0.1) is 17.2 Å². The number of esters is 1. The number of aromatic amines is 1. The first-order valence-electron chi connectivity index (χ1n) is 17.6. The number of carbonyl (C=O) groups is 5. The number of hydrazine groups is 1. The van der Waals surface area contributed by atoms with Gasteiger partial charge in [0.25, 0.3) is 0 Å². The van der Waals surface area contributed by atoms with Gasteiger partial charge in [-0.25, -0.2) is 14.6 Å². The van der Waals surface area contributed by atoms with Crippen molar-refractivity contribution in [1.29, 1.82) is 5.26 Å². The summed E-state index contributed by atoms with van der Waals surface area (Å²) in [6.07, 6.45) is 2.52. The maximum Gasteiger partial charge on any atom is 0.355 e. The number of rotatable bonds is 11. The van der Waals surface area contributed by atoms with Gasteiger partial charge in [-0.1, -0.05) is 23.7 Å². The highest BCUT2D eigenvalue weighted by Crippen LogP contribution is 2.27. The molecule has 5 aromatic rings. The maximum atomic E-state index is 14.3. The van der Waals surface area contributed by atoms with Gasteiger partial charge < -0.3 is 25.3 Å². The summed E-state index contributed by atoms with van der Waals surface area (Å²) in [7, 11) is 0. The molecular formula is C38H38ClN11O6. The number of aldehydes is 1. The SMILES string of the molecule is CC(C)(C)OC(=O)c1cc2cc(NC(=O)C(Cc3ccc(NC(=O)N4CCC(C#N)CC4)cc3)N(Nc3cc(Cl)ccc3-n3cnnn3)C(=O)C=O)ccc2[nH]1. The maximum absolute atomic E-state index is 14.3. The van der Waals surface area contributed by atoms with Gasteiger partial charge in [0.2, 0.25) is 12.2 Å². The number of fused-ring (bicyclic) bond motifs is 1. The highest BCUT2D eigenvalue weighted by molar-refractivity contribution is 6.31. The molecule has 1 aliphatic heterocycles. The number of benzene rings is 3. The predicted octanol–water partition coefficient (Wildman–Crippen LogP) is 5.12. The number of nitrogens with one attached hydrogen (secondary N) is 4. The molecule has 6 rings (SSSR count). The van der Waals surface area contributed by atoms with E-state index in [1.165, 1.54) is 17.1 Å². The number of halogens is 1. The van der Waals surface area contributed by atoms with Crippen LogP contribution >= 0.6 is 11.6 Å². The second kappa shape index (κ2) is 16.7. The highest BCUT2D eigenvalue weighted by atomic mass is 35.5. The molecule has 1 atom stereocenters. The van der Waals surface area contributed by atoms with Crippen molar-refractivity contribution < 1.29 is 28.7 Å². The van der Waals surface area contributed by atoms with Gasteiger partial charge in [0.15, 0.2) is 0 Å². The van der Waals surface area contributed by atoms with E-state index in [4.69, 9.17) is 16.3 Å². The monoisotopic (exact) mass is 779 g/mol. The van der Waals surface area contributed by atoms with Gasteiger partial charge in [-0.3, -0.25) is 19.8 Å². The number of likely N-dealkylation sites (tertiary alicyclic amines) is 1. The van der Waals surface area contributed by atoms with Gasteiger partial charge in [-0.15, -0.1) is 5.10 Å². The molecule has 4 amide bonds. The van der Waals surface area contributed by atoms with Gasteiger partial charge >= 0.3 is 17.9 Å². The fourth-order valence-corrected chi connectivity index (χ4v) is 6.26. The number of aromatic nitrogens is 5. The van der Waals surface area contributed by atoms with Crippen molar-refractivity contribution in [3.63, 3.8) is 0 Å². The van der Waals surface area contributed by atoms with E-state index in [-0.39, 0.29) is 41.1 Å². The Labute approximate surface area is 325 Å². The van der Waals surface area contributed by atoms with Crippen molar-refractivity contribution in [2.24, 2.45) is 5.92 Å². The summed E-state index contributed by atoms with van der Waals surface area (Å²) in [5, 5.41) is 27.9. The third kappa shape index (κ3) is 9.46. The second-order valence-corrected chi connectivity index (χ2v) is 14.5. The van der Waals surface area contributed by atoms with Gasteiger partial charge in [0.1, 0.15) is 23.7 Å². The van der Waals surface area contributed by atoms with Crippen LogP contribution < -0.4 is 16.1 Å². The molecule has 4 N–H and O–H groups in total. The standard InChI is InChI=1S/C38H38ClN11O6/c1-38(2,3)56-36(54)31-18-25-17-28(9-10-29(25)44-31)42-35(53)33(16-23-4-7-27(8-5-23)43-37(55)48-14-12-24(20-40)13-15-48)50(34(52)21-51)45-30-19-26(39)6-11-32(30)49-22-41-46-47-49/h4-11,17-19,21-22,24,33,44-45H,12-16H2,1-3H3,(H,42,53)(H,43,55). The van der Waals surface area contributed by atoms with Crippen molar-refractivity contribution >= 4 is 69.7 Å². The molecule has 1 fully saturated rings. The van der Waals surface area contributed by atoms with Crippen LogP contribution in [-0.2, 0) is 25.5 Å². The number of H-pyrrole nitrogens is 1. The second-order valence-electron chi connectivity index (χ2n) is 14.1. The molecule has 56 heavy (non-hydrogen) atoms. The number of hydrogen-bond donors (Lipinski definition) is 4. The lowest BCUT2D eigenvalue weighted by atomic mass is 9.99. The Morgan fingerprint density at radius 1 is 1.04 bits per heavy atom. The van der Waals surface area contributed by atoms with E-state index < -0.39 is 29.4 Å². The number of anilines is 3. The lowest BCUT2D eigenvalue weighted by molar-refractivity contribution is -0.141. The summed E-state index contributed by atoms with van der Waals surface area (Å²) >= 11 is 6.34. The van der Waals surface area contributed by atoms with Crippen LogP contribution in [0.4, 0.5) is 21.9 Å². The van der Waals surface area contributed by atoms with Crippen LogP contribution in [0.2, 0.25) is 5.02 Å². The molecule has 1 aliphatic rings. The fourth-order valence-electron chi connectivity index (χ4n) is 6.08. The third-order valence-corrected chi connectivity index (χ3v) is 9.09. The Morgan fingerprint density at radius 2 is 1.77 bits per heavy atom. The van der Waals surface area contributed by atoms with E-state index in [9.17, 15) is 29.2 Å². The molecule has 0 spiro atoms. The predicted molar refractivity (Wildman–Crippen MR) is 206 cm³/mol. The van der Waals surface area contributed by atoms with Gasteiger partial charge in [0, 0.05) is 52.7 Å². The first-order chi connectivity index (χ1) is 26.8. The Bertz CT molecular complexity index is 2290. The van der Waals surface area contributed by atoms with Crippen LogP contribution in [0.1, 0.15) is 49.7 Å². The molecule has 1 saturated heterocycles. The topological polar surface area (TPSA) is 220 Å². The average Bonchev–Trinajstić information content (AvgIpc) is 3.87. The molecule has 0 radical (unpaired) electrons. The minimum absolute atomic E-state index is 0.0674. The first-order valence-corrected chi connectivity index (χ1v) is 18.0. The molecule has 17 nitrogen and oxygen atoms in total. The highest BCUT2D eigenvalue weighted by Gasteiger charge is 2.32. The van der Waals surface area contributed by atoms with Crippen molar-refractivity contribution in [2.45, 2.75) is 51.7 Å². The number of hydrogen-bond acceptors (Lipinski definition) is 11. The number of tetrazole rings is 1. The summed E-state index contributed by atoms with van der Waals surface area (Å²) in [5.74, 6) is -2.34. The van der Waals surface area contributed by atoms with E-state index in [1.807, 2.05) is 0 Å². The summed E-state index contributed by atoms with van der Waals surface area (Å²) in [5.41, 5.74) is 5.04. The number of amides is 4. The van der Waals surface area contributed by atoms with Crippen molar-refractivity contribution in [2.75, 3.05) is 29.1 Å². The molecule has 3 heterocycles. The lowest BCUT2D eigenvalue weighted by Crippen LogP contribution is -2.52. The molecule has 2 aromatic heterocycles. The van der Waals surface area contributed by atoms with Crippen LogP contribution in [0.3, 0.4) is 0 Å². The number of piperidine rings is 1. The van der Waals surface area contributed by atoms with Gasteiger partial charge in [-0.05, 0) is 104 Å². The van der Waals surface area contributed by atoms with Crippen molar-refractivity contribution in [3.8, 4) is 11.8 Å². The molecule has 0 saturated carbocycles. The number of carbonyl (C=O) groups excluding carboxylic acids is 5. The Balaban J connectivity index is 1.28. The fraction of sp³-hybridized carbons (Fsp3) is 0.289. The normalized spacial score (nSPS) is 13.7. The molecular weight excluding hydrogens is 742 g/mol. The zero-order chi connectivity index (χ0) is 40.0. The Kier molecular flexibility index (Phi) is 11.6. The minimum Gasteiger partial charge on any atom is -0.455 e. The van der Waals surface area contributed by atoms with E-state index in [2.05, 4.69) is 42.6 Å². The number of nitriles is 1. The van der Waals surface area contributed by atoms with Gasteiger partial charge in [0.05, 0.1) is 17.4 Å². The molecule has 0 aliphatic carbocycles. The largest absolute Gasteiger partial charge is 0.455 e. The number of urea groups is 1. The zero-order valence-corrected chi connectivity index (χ0v) is 31.4. The third-order valence-electron chi connectivity index (χ3n) is 8.85. The number of ether oxygens (including phenoxy) is 1. The van der Waals surface area contributed by atoms with E-state index in [1.54, 1.807) is 86.3 Å². The summed E-state index contributed by atoms with van der Waals surface area (Å²) in [6, 6.07) is 18.5. The van der Waals surface area contributed by atoms with E-state index >= 15 is 0 Å². The van der Waals surface area contributed by atoms with Gasteiger partial charge in [-0.2, -0.15) is 9.94 Å². The molecule has 0 bridgehead atoms. The smallest absolute Gasteiger partial charge is 0.355 e. The molecule has 3 aromatic carbocycles. The van der Waals surface area contributed by atoms with Crippen LogP contribution in [0.5, 0.6) is 0 Å². The Morgan fingerprint density at radius 3 is 2.43 bits per heavy atom. The molecule has 18 heteroatoms. The van der Waals surface area contributed by atoms with E-state index in [0.29, 0.717) is 59.5 Å². The van der Waals surface area contributed by atoms with E-state index in [0.717, 1.165) is 5.01 Å². The zero-order valence-electron chi connectivity index (χ0n) is 30.7. The Hall–Kier alpha value is -6.80. The summed E-state index contributed by atoms with van der Waals surface area (Å²) in [4.78, 5) is 70.1. The summed E-state index contributed by atoms with van der Waals surface area (Å²) < 4.78 is 6.79. The van der Waals surface area contributed by atoms with Crippen LogP contribution in [-0.4, -0.2) is 89.9 Å². The van der Waals surface area contributed by atoms with Crippen LogP contribution in [0.15, 0.2) is 73.1 Å². The minimum atomic E-state index is -1.35. The molecule has 288 valence electrons. The molecule has 1 unspecified atom stereocenters. The van der Waals surface area contributed by atoms with Crippen molar-refractivity contribution in [1.82, 2.24) is 35.1 Å². The number of nitrogens with zero attached hydrogens (tertiary/aromatic N) is 7. The lowest BCUT2D eigenvalue weighted by Gasteiger charge is -2.31. The quantitative estimate of drug-likeness (QED) is 0.0596. The van der Waals surface area contributed by atoms with Crippen LogP contribution in [0.25, 0.3) is 16.6 Å². The average molecular weight is 780 g/mol. The first kappa shape index (κ1) is 38.9. The van der Waals surface area contributed by atoms with Crippen molar-refractivity contribution in [3.05, 3.63) is 89.3 Å².